The number of likely N-dealkylation sites (tertiary alicyclic amines) is 1. The molecular weight excluding hydrogens is 346 g/mol. The lowest BCUT2D eigenvalue weighted by molar-refractivity contribution is -0.129. The Morgan fingerprint density at radius 3 is 2.85 bits per heavy atom. The molecule has 2 fully saturated rings. The minimum atomic E-state index is -0.212. The quantitative estimate of drug-likeness (QED) is 0.890. The summed E-state index contributed by atoms with van der Waals surface area (Å²) < 4.78 is 7.17. The van der Waals surface area contributed by atoms with Gasteiger partial charge in [0.2, 0.25) is 5.91 Å². The fourth-order valence-corrected chi connectivity index (χ4v) is 4.63. The van der Waals surface area contributed by atoms with Crippen molar-refractivity contribution in [1.29, 1.82) is 0 Å². The molecule has 1 saturated carbocycles. The second kappa shape index (κ2) is 6.21. The molecule has 2 aromatic rings. The van der Waals surface area contributed by atoms with Gasteiger partial charge in [-0.15, -0.1) is 0 Å². The number of amides is 2. The summed E-state index contributed by atoms with van der Waals surface area (Å²) in [6, 6.07) is 3.21. The summed E-state index contributed by atoms with van der Waals surface area (Å²) in [5.74, 6) is 1.30. The van der Waals surface area contributed by atoms with Crippen molar-refractivity contribution in [2.75, 3.05) is 13.1 Å². The molecule has 4 heterocycles. The predicted octanol–water partition coefficient (Wildman–Crippen LogP) is 1.76. The maximum absolute atomic E-state index is 12.7. The van der Waals surface area contributed by atoms with Gasteiger partial charge in [0.25, 0.3) is 5.91 Å². The monoisotopic (exact) mass is 369 g/mol. The molecule has 0 radical (unpaired) electrons. The number of hydrogen-bond acceptors (Lipinski definition) is 5. The van der Waals surface area contributed by atoms with Crippen molar-refractivity contribution in [1.82, 2.24) is 25.0 Å². The first-order chi connectivity index (χ1) is 13.2. The van der Waals surface area contributed by atoms with Gasteiger partial charge >= 0.3 is 0 Å². The van der Waals surface area contributed by atoms with Crippen LogP contribution >= 0.6 is 0 Å². The third kappa shape index (κ3) is 2.65. The number of furan rings is 1. The normalized spacial score (nSPS) is 27.4. The van der Waals surface area contributed by atoms with Gasteiger partial charge in [-0.25, -0.2) is 9.67 Å². The van der Waals surface area contributed by atoms with Crippen molar-refractivity contribution in [3.8, 4) is 0 Å². The molecule has 1 aliphatic carbocycles. The van der Waals surface area contributed by atoms with E-state index in [1.165, 1.54) is 6.26 Å². The maximum atomic E-state index is 12.7. The highest BCUT2D eigenvalue weighted by molar-refractivity contribution is 5.91. The fourth-order valence-electron chi connectivity index (χ4n) is 4.63. The van der Waals surface area contributed by atoms with E-state index in [0.29, 0.717) is 18.8 Å². The van der Waals surface area contributed by atoms with Crippen LogP contribution in [0, 0.1) is 11.3 Å². The molecule has 1 N–H and O–H groups in total. The smallest absolute Gasteiger partial charge is 0.289 e. The van der Waals surface area contributed by atoms with Crippen LogP contribution in [0.25, 0.3) is 0 Å². The van der Waals surface area contributed by atoms with Crippen LogP contribution in [0.2, 0.25) is 0 Å². The number of nitrogens with one attached hydrogen (secondary N) is 1. The van der Waals surface area contributed by atoms with Gasteiger partial charge in [-0.05, 0) is 37.8 Å². The first-order valence-electron chi connectivity index (χ1n) is 9.67. The zero-order valence-corrected chi connectivity index (χ0v) is 15.1. The Morgan fingerprint density at radius 2 is 2.11 bits per heavy atom. The van der Waals surface area contributed by atoms with E-state index >= 15 is 0 Å². The van der Waals surface area contributed by atoms with Crippen molar-refractivity contribution in [3.05, 3.63) is 36.3 Å². The summed E-state index contributed by atoms with van der Waals surface area (Å²) in [5.41, 5.74) is -0.204. The van der Waals surface area contributed by atoms with Crippen LogP contribution in [-0.4, -0.2) is 44.6 Å². The molecule has 0 aromatic carbocycles. The van der Waals surface area contributed by atoms with Crippen molar-refractivity contribution >= 4 is 11.8 Å². The van der Waals surface area contributed by atoms with Crippen LogP contribution < -0.4 is 5.32 Å². The van der Waals surface area contributed by atoms with E-state index in [1.807, 2.05) is 9.58 Å². The zero-order valence-electron chi connectivity index (χ0n) is 15.1. The largest absolute Gasteiger partial charge is 0.459 e. The van der Waals surface area contributed by atoms with Gasteiger partial charge in [0.1, 0.15) is 12.2 Å². The standard InChI is InChI=1S/C19H23N5O3/c25-17(13-3-1-4-13)22-15-16-20-12-21-24(16)9-7-19(15)6-8-23(11-19)18(26)14-5-2-10-27-14/h2,5,10,12-13,15H,1,3-4,6-9,11H2,(H,22,25)/t15-,19-/m0/s1. The van der Waals surface area contributed by atoms with E-state index in [4.69, 9.17) is 4.42 Å². The Balaban J connectivity index is 1.41. The highest BCUT2D eigenvalue weighted by Crippen LogP contribution is 2.48. The van der Waals surface area contributed by atoms with E-state index in [1.54, 1.807) is 18.5 Å². The molecular formula is C19H23N5O3. The van der Waals surface area contributed by atoms with Gasteiger partial charge in [0.05, 0.1) is 12.3 Å². The molecule has 2 atom stereocenters. The molecule has 0 unspecified atom stereocenters. The summed E-state index contributed by atoms with van der Waals surface area (Å²) in [5, 5.41) is 7.57. The first kappa shape index (κ1) is 16.5. The molecule has 5 rings (SSSR count). The Bertz CT molecular complexity index is 857. The highest BCUT2D eigenvalue weighted by Gasteiger charge is 2.51. The van der Waals surface area contributed by atoms with Gasteiger partial charge in [-0.2, -0.15) is 5.10 Å². The molecule has 2 amide bonds. The third-order valence-electron chi connectivity index (χ3n) is 6.50. The number of rotatable bonds is 3. The third-order valence-corrected chi connectivity index (χ3v) is 6.50. The Kier molecular flexibility index (Phi) is 3.80. The lowest BCUT2D eigenvalue weighted by atomic mass is 9.73. The summed E-state index contributed by atoms with van der Waals surface area (Å²) in [4.78, 5) is 31.7. The molecule has 142 valence electrons. The van der Waals surface area contributed by atoms with Crippen LogP contribution in [0.5, 0.6) is 0 Å². The predicted molar refractivity (Wildman–Crippen MR) is 94.5 cm³/mol. The van der Waals surface area contributed by atoms with Crippen molar-refractivity contribution in [3.63, 3.8) is 0 Å². The SMILES string of the molecule is O=C(N[C@H]1c2ncnn2CC[C@]12CCN(C(=O)c1ccco1)C2)C1CCC1. The number of carbonyl (C=O) groups is 2. The molecule has 0 bridgehead atoms. The van der Waals surface area contributed by atoms with E-state index < -0.39 is 0 Å². The Hall–Kier alpha value is -2.64. The highest BCUT2D eigenvalue weighted by atomic mass is 16.3. The van der Waals surface area contributed by atoms with Crippen LogP contribution in [0.3, 0.4) is 0 Å². The maximum Gasteiger partial charge on any atom is 0.289 e. The summed E-state index contributed by atoms with van der Waals surface area (Å²) in [6.07, 6.45) is 7.81. The molecule has 3 aliphatic rings. The molecule has 27 heavy (non-hydrogen) atoms. The Labute approximate surface area is 156 Å². The molecule has 8 heteroatoms. The van der Waals surface area contributed by atoms with E-state index in [-0.39, 0.29) is 29.2 Å². The number of carbonyl (C=O) groups excluding carboxylic acids is 2. The summed E-state index contributed by atoms with van der Waals surface area (Å²) in [7, 11) is 0. The summed E-state index contributed by atoms with van der Waals surface area (Å²) in [6.45, 7) is 2.01. The zero-order chi connectivity index (χ0) is 18.4. The molecule has 8 nitrogen and oxygen atoms in total. The number of aromatic nitrogens is 3. The van der Waals surface area contributed by atoms with Crippen molar-refractivity contribution < 1.29 is 14.0 Å². The average molecular weight is 369 g/mol. The molecule has 1 saturated heterocycles. The first-order valence-corrected chi connectivity index (χ1v) is 9.67. The van der Waals surface area contributed by atoms with Crippen molar-refractivity contribution in [2.45, 2.75) is 44.7 Å². The minimum absolute atomic E-state index is 0.0898. The van der Waals surface area contributed by atoms with Gasteiger partial charge in [-0.1, -0.05) is 6.42 Å². The second-order valence-corrected chi connectivity index (χ2v) is 7.98. The van der Waals surface area contributed by atoms with Gasteiger partial charge in [-0.3, -0.25) is 9.59 Å². The number of nitrogens with zero attached hydrogens (tertiary/aromatic N) is 4. The van der Waals surface area contributed by atoms with Crippen LogP contribution in [0.15, 0.2) is 29.1 Å². The number of fused-ring (bicyclic) bond motifs is 1. The topological polar surface area (TPSA) is 93.3 Å². The fraction of sp³-hybridized carbons (Fsp3) is 0.579. The van der Waals surface area contributed by atoms with E-state index in [9.17, 15) is 9.59 Å². The van der Waals surface area contributed by atoms with E-state index in [0.717, 1.165) is 44.5 Å². The number of aryl methyl sites for hydroxylation is 1. The second-order valence-electron chi connectivity index (χ2n) is 7.98. The lowest BCUT2D eigenvalue weighted by Crippen LogP contribution is -2.49. The van der Waals surface area contributed by atoms with Gasteiger partial charge < -0.3 is 14.6 Å². The van der Waals surface area contributed by atoms with Crippen LogP contribution in [-0.2, 0) is 11.3 Å². The number of hydrogen-bond donors (Lipinski definition) is 1. The molecule has 1 spiro atoms. The van der Waals surface area contributed by atoms with Gasteiger partial charge in [0.15, 0.2) is 5.76 Å². The van der Waals surface area contributed by atoms with Crippen molar-refractivity contribution in [2.24, 2.45) is 11.3 Å². The van der Waals surface area contributed by atoms with Gasteiger partial charge in [0, 0.05) is 31.0 Å². The summed E-state index contributed by atoms with van der Waals surface area (Å²) >= 11 is 0. The lowest BCUT2D eigenvalue weighted by Gasteiger charge is -2.41. The van der Waals surface area contributed by atoms with Crippen LogP contribution in [0.4, 0.5) is 0 Å². The Morgan fingerprint density at radius 1 is 1.26 bits per heavy atom. The average Bonchev–Trinajstić information content (AvgIpc) is 3.36. The van der Waals surface area contributed by atoms with Crippen LogP contribution in [0.1, 0.15) is 54.5 Å². The minimum Gasteiger partial charge on any atom is -0.459 e. The van der Waals surface area contributed by atoms with E-state index in [2.05, 4.69) is 15.4 Å². The molecule has 2 aromatic heterocycles. The molecule has 2 aliphatic heterocycles.